The van der Waals surface area contributed by atoms with Crippen LogP contribution in [-0.2, 0) is 0 Å². The fraction of sp³-hybridized carbons (Fsp3) is 0.462. The number of halogens is 1. The number of aromatic nitrogens is 1. The van der Waals surface area contributed by atoms with E-state index in [4.69, 9.17) is 0 Å². The lowest BCUT2D eigenvalue weighted by atomic mass is 10.1. The van der Waals surface area contributed by atoms with Crippen molar-refractivity contribution in [3.05, 3.63) is 24.3 Å². The molecule has 0 amide bonds. The molecule has 1 aliphatic rings. The number of benzene rings is 1. The van der Waals surface area contributed by atoms with Gasteiger partial charge in [-0.25, -0.2) is 0 Å². The van der Waals surface area contributed by atoms with Crippen LogP contribution in [0.3, 0.4) is 0 Å². The highest BCUT2D eigenvalue weighted by molar-refractivity contribution is 7.13. The van der Waals surface area contributed by atoms with Crippen LogP contribution in [-0.4, -0.2) is 30.6 Å². The number of nitrogens with zero attached hydrogens (tertiary/aromatic N) is 2. The predicted molar refractivity (Wildman–Crippen MR) is 81.2 cm³/mol. The zero-order chi connectivity index (χ0) is 11.7. The van der Waals surface area contributed by atoms with Gasteiger partial charge in [0, 0.05) is 24.5 Å². The molecule has 18 heavy (non-hydrogen) atoms. The van der Waals surface area contributed by atoms with E-state index in [1.165, 1.54) is 28.7 Å². The van der Waals surface area contributed by atoms with Crippen LogP contribution in [0.5, 0.6) is 0 Å². The Hall–Kier alpha value is -0.840. The summed E-state index contributed by atoms with van der Waals surface area (Å²) >= 11 is 1.60. The van der Waals surface area contributed by atoms with Crippen molar-refractivity contribution in [1.82, 2.24) is 9.69 Å². The standard InChI is InChI=1S/C13H17N3S.ClH/c1-14-10-5-4-8-16(9-10)13-11-6-2-3-7-12(11)17-15-13;/h2-3,6-7,10,14H,4-5,8-9H2,1H3;1H. The predicted octanol–water partition coefficient (Wildman–Crippen LogP) is 2.91. The van der Waals surface area contributed by atoms with Gasteiger partial charge in [0.25, 0.3) is 0 Å². The van der Waals surface area contributed by atoms with E-state index >= 15 is 0 Å². The number of piperidine rings is 1. The highest BCUT2D eigenvalue weighted by Gasteiger charge is 2.21. The van der Waals surface area contributed by atoms with E-state index in [2.05, 4.69) is 38.9 Å². The van der Waals surface area contributed by atoms with E-state index in [1.54, 1.807) is 11.5 Å². The smallest absolute Gasteiger partial charge is 0.150 e. The number of hydrogen-bond donors (Lipinski definition) is 1. The van der Waals surface area contributed by atoms with Gasteiger partial charge in [0.2, 0.25) is 0 Å². The molecule has 3 rings (SSSR count). The molecule has 1 saturated heterocycles. The van der Waals surface area contributed by atoms with Gasteiger partial charge in [0.05, 0.1) is 4.70 Å². The second-order valence-electron chi connectivity index (χ2n) is 4.58. The molecule has 1 atom stereocenters. The maximum absolute atomic E-state index is 4.63. The summed E-state index contributed by atoms with van der Waals surface area (Å²) in [5.41, 5.74) is 0. The van der Waals surface area contributed by atoms with Gasteiger partial charge in [-0.1, -0.05) is 12.1 Å². The summed E-state index contributed by atoms with van der Waals surface area (Å²) in [5, 5.41) is 4.68. The van der Waals surface area contributed by atoms with Gasteiger partial charge in [0.15, 0.2) is 0 Å². The third kappa shape index (κ3) is 2.46. The van der Waals surface area contributed by atoms with Gasteiger partial charge >= 0.3 is 0 Å². The Morgan fingerprint density at radius 1 is 1.39 bits per heavy atom. The molecular formula is C13H18ClN3S. The molecule has 1 fully saturated rings. The Morgan fingerprint density at radius 3 is 3.06 bits per heavy atom. The van der Waals surface area contributed by atoms with Gasteiger partial charge in [0.1, 0.15) is 5.82 Å². The molecule has 1 aromatic carbocycles. The molecule has 2 aromatic rings. The number of nitrogens with one attached hydrogen (secondary N) is 1. The Kier molecular flexibility index (Phi) is 4.43. The van der Waals surface area contributed by atoms with Crippen molar-refractivity contribution in [3.63, 3.8) is 0 Å². The fourth-order valence-corrected chi connectivity index (χ4v) is 3.30. The van der Waals surface area contributed by atoms with Crippen molar-refractivity contribution in [3.8, 4) is 0 Å². The van der Waals surface area contributed by atoms with Crippen molar-refractivity contribution in [2.75, 3.05) is 25.0 Å². The maximum atomic E-state index is 4.63. The first-order chi connectivity index (χ1) is 8.38. The van der Waals surface area contributed by atoms with E-state index in [0.29, 0.717) is 6.04 Å². The normalized spacial score (nSPS) is 19.8. The molecule has 0 spiro atoms. The van der Waals surface area contributed by atoms with Crippen LogP contribution in [0.4, 0.5) is 5.82 Å². The first-order valence-corrected chi connectivity index (χ1v) is 6.92. The zero-order valence-corrected chi connectivity index (χ0v) is 12.1. The molecule has 1 N–H and O–H groups in total. The first-order valence-electron chi connectivity index (χ1n) is 6.15. The van der Waals surface area contributed by atoms with Crippen molar-refractivity contribution in [2.45, 2.75) is 18.9 Å². The van der Waals surface area contributed by atoms with Gasteiger partial charge < -0.3 is 10.2 Å². The van der Waals surface area contributed by atoms with Crippen molar-refractivity contribution in [1.29, 1.82) is 0 Å². The van der Waals surface area contributed by atoms with Crippen LogP contribution < -0.4 is 10.2 Å². The third-order valence-corrected chi connectivity index (χ3v) is 4.30. The fourth-order valence-electron chi connectivity index (χ4n) is 2.51. The number of anilines is 1. The van der Waals surface area contributed by atoms with E-state index < -0.39 is 0 Å². The lowest BCUT2D eigenvalue weighted by molar-refractivity contribution is 0.449. The van der Waals surface area contributed by atoms with E-state index in [-0.39, 0.29) is 12.4 Å². The molecule has 3 nitrogen and oxygen atoms in total. The molecule has 0 aliphatic carbocycles. The first kappa shape index (κ1) is 13.6. The maximum Gasteiger partial charge on any atom is 0.150 e. The molecule has 0 saturated carbocycles. The minimum absolute atomic E-state index is 0. The van der Waals surface area contributed by atoms with Gasteiger partial charge in [-0.05, 0) is 43.6 Å². The van der Waals surface area contributed by atoms with E-state index in [0.717, 1.165) is 13.1 Å². The SMILES string of the molecule is CNC1CCCN(c2nsc3ccccc23)C1.Cl. The second kappa shape index (κ2) is 5.87. The summed E-state index contributed by atoms with van der Waals surface area (Å²) in [6.45, 7) is 2.20. The summed E-state index contributed by atoms with van der Waals surface area (Å²) in [7, 11) is 2.05. The molecule has 0 radical (unpaired) electrons. The topological polar surface area (TPSA) is 28.2 Å². The van der Waals surface area contributed by atoms with E-state index in [1.807, 2.05) is 7.05 Å². The quantitative estimate of drug-likeness (QED) is 0.919. The van der Waals surface area contributed by atoms with Crippen LogP contribution in [0, 0.1) is 0 Å². The number of rotatable bonds is 2. The minimum atomic E-state index is 0. The molecule has 1 unspecified atom stereocenters. The molecule has 2 heterocycles. The van der Waals surface area contributed by atoms with Crippen molar-refractivity contribution >= 4 is 39.8 Å². The second-order valence-corrected chi connectivity index (χ2v) is 5.38. The highest BCUT2D eigenvalue weighted by Crippen LogP contribution is 2.30. The van der Waals surface area contributed by atoms with Crippen LogP contribution in [0.1, 0.15) is 12.8 Å². The number of fused-ring (bicyclic) bond motifs is 1. The summed E-state index contributed by atoms with van der Waals surface area (Å²) in [6, 6.07) is 9.10. The molecule has 1 aromatic heterocycles. The van der Waals surface area contributed by atoms with Crippen LogP contribution in [0.2, 0.25) is 0 Å². The number of hydrogen-bond acceptors (Lipinski definition) is 4. The lowest BCUT2D eigenvalue weighted by Gasteiger charge is -2.32. The molecule has 1 aliphatic heterocycles. The Labute approximate surface area is 118 Å². The number of likely N-dealkylation sites (N-methyl/N-ethyl adjacent to an activating group) is 1. The van der Waals surface area contributed by atoms with Crippen molar-refractivity contribution < 1.29 is 0 Å². The lowest BCUT2D eigenvalue weighted by Crippen LogP contribution is -2.44. The van der Waals surface area contributed by atoms with E-state index in [9.17, 15) is 0 Å². The van der Waals surface area contributed by atoms with Gasteiger partial charge in [-0.15, -0.1) is 12.4 Å². The van der Waals surface area contributed by atoms with Gasteiger partial charge in [-0.2, -0.15) is 4.37 Å². The van der Waals surface area contributed by atoms with Crippen LogP contribution in [0.15, 0.2) is 24.3 Å². The summed E-state index contributed by atoms with van der Waals surface area (Å²) in [5.74, 6) is 1.17. The molecular weight excluding hydrogens is 266 g/mol. The Bertz CT molecular complexity index is 514. The molecule has 98 valence electrons. The van der Waals surface area contributed by atoms with Gasteiger partial charge in [-0.3, -0.25) is 0 Å². The van der Waals surface area contributed by atoms with Crippen LogP contribution in [0.25, 0.3) is 10.1 Å². The average molecular weight is 284 g/mol. The Morgan fingerprint density at radius 2 is 2.22 bits per heavy atom. The van der Waals surface area contributed by atoms with Crippen molar-refractivity contribution in [2.24, 2.45) is 0 Å². The summed E-state index contributed by atoms with van der Waals surface area (Å²) in [6.07, 6.45) is 2.52. The largest absolute Gasteiger partial charge is 0.354 e. The average Bonchev–Trinajstić information content (AvgIpc) is 2.82. The van der Waals surface area contributed by atoms with Crippen LogP contribution >= 0.6 is 23.9 Å². The summed E-state index contributed by atoms with van der Waals surface area (Å²) < 4.78 is 5.91. The monoisotopic (exact) mass is 283 g/mol. The minimum Gasteiger partial charge on any atom is -0.354 e. The molecule has 5 heteroatoms. The summed E-state index contributed by atoms with van der Waals surface area (Å²) in [4.78, 5) is 2.42. The third-order valence-electron chi connectivity index (χ3n) is 3.49. The zero-order valence-electron chi connectivity index (χ0n) is 10.4. The molecule has 0 bridgehead atoms. The highest BCUT2D eigenvalue weighted by atomic mass is 35.5. The Balaban J connectivity index is 0.00000120.